The van der Waals surface area contributed by atoms with E-state index in [1.807, 2.05) is 161 Å². The largest absolute Gasteiger partial charge is 0.394 e. The van der Waals surface area contributed by atoms with Crippen molar-refractivity contribution in [3.8, 4) is 0 Å². The smallest absolute Gasteiger partial charge is 0.219 e. The third-order valence-corrected chi connectivity index (χ3v) is 5.70. The van der Waals surface area contributed by atoms with Crippen LogP contribution in [0, 0.1) is 11.8 Å². The first-order valence-electron chi connectivity index (χ1n) is 29.1. The summed E-state index contributed by atoms with van der Waals surface area (Å²) in [6.07, 6.45) is 7.10. The second-order valence-corrected chi connectivity index (χ2v) is 13.4. The van der Waals surface area contributed by atoms with Gasteiger partial charge in [-0.25, -0.2) is 0 Å². The Kier molecular flexibility index (Phi) is 862. The molecule has 2 aromatic carbocycles. The summed E-state index contributed by atoms with van der Waals surface area (Å²) in [5.41, 5.74) is 34.4. The summed E-state index contributed by atoms with van der Waals surface area (Å²) >= 11 is 0. The van der Waals surface area contributed by atoms with Crippen LogP contribution in [0.15, 0.2) is 60.7 Å². The highest BCUT2D eigenvalue weighted by atomic mass is 16.5. The summed E-state index contributed by atoms with van der Waals surface area (Å²) in [6.45, 7) is 73.5. The molecule has 1 fully saturated rings. The molecular weight excluding hydrogens is 1220 g/mol. The average molecular weight is 1400 g/mol. The maximum atomic E-state index is 10.7. The molecule has 0 aromatic heterocycles. The van der Waals surface area contributed by atoms with Crippen molar-refractivity contribution < 1.29 is 72.2 Å². The molecule has 0 radical (unpaired) electrons. The Morgan fingerprint density at radius 1 is 0.411 bits per heavy atom. The van der Waals surface area contributed by atoms with Crippen molar-refractivity contribution in [1.82, 2.24) is 29.5 Å². The quantitative estimate of drug-likeness (QED) is 0.135. The van der Waals surface area contributed by atoms with Gasteiger partial charge >= 0.3 is 0 Å². The van der Waals surface area contributed by atoms with Gasteiger partial charge in [-0.3, -0.25) is 4.79 Å². The second-order valence-electron chi connectivity index (χ2n) is 13.4. The maximum Gasteiger partial charge on any atom is 0.219 e. The lowest BCUT2D eigenvalue weighted by Gasteiger charge is -2.24. The SMILES string of the molecule is C=O.C=O.C=O.C=O.C=O.C=O.C=O.C=O.C=O.C=O.C=O.C=O.CC.CC.CC.CC.CC(=O)N1CCCCC1.CC(C)C.CC(C)O.CCC(C)C.CCOC(C)(C)C.CCc1ccccc1.CCc1ccccc1.CN.CN.CN.CN.CN.CN.CN.N.N.N.N. The van der Waals surface area contributed by atoms with Crippen LogP contribution in [0.2, 0.25) is 0 Å². The van der Waals surface area contributed by atoms with Crippen LogP contribution in [0.4, 0.5) is 0 Å². The lowest BCUT2D eigenvalue weighted by atomic mass is 10.1. The lowest BCUT2D eigenvalue weighted by molar-refractivity contribution is -0.129. The summed E-state index contributed by atoms with van der Waals surface area (Å²) in [4.78, 5) is 109. The number of carbonyl (C=O) groups is 13. The fourth-order valence-electron chi connectivity index (χ4n) is 3.07. The number of nitrogens with zero attached hydrogens (tertiary/aromatic N) is 1. The number of rotatable bonds is 4. The number of aryl methyl sites for hydroxylation is 2. The molecule has 0 aliphatic carbocycles. The van der Waals surface area contributed by atoms with Crippen molar-refractivity contribution in [3.05, 3.63) is 71.8 Å². The van der Waals surface area contributed by atoms with Crippen LogP contribution >= 0.6 is 0 Å². The zero-order valence-electron chi connectivity index (χ0n) is 67.8. The van der Waals surface area contributed by atoms with E-state index in [0.717, 1.165) is 44.4 Å². The van der Waals surface area contributed by atoms with Gasteiger partial charge in [-0.1, -0.05) is 178 Å². The molecule has 1 aliphatic heterocycles. The Morgan fingerprint density at radius 3 is 0.621 bits per heavy atom. The molecule has 27 heteroatoms. The van der Waals surface area contributed by atoms with Crippen LogP contribution in [0.1, 0.15) is 196 Å². The number of amides is 1. The van der Waals surface area contributed by atoms with E-state index in [-0.39, 0.29) is 42.2 Å². The number of piperidine rings is 1. The van der Waals surface area contributed by atoms with E-state index in [1.165, 1.54) is 86.1 Å². The normalized spacial score (nSPS) is 6.77. The monoisotopic (exact) mass is 1400 g/mol. The maximum absolute atomic E-state index is 10.7. The molecule has 95 heavy (non-hydrogen) atoms. The minimum atomic E-state index is -0.167. The molecular formula is C68H172N12O15. The fourth-order valence-corrected chi connectivity index (χ4v) is 3.07. The number of nitrogens with two attached hydrogens (primary N) is 7. The molecule has 3 rings (SSSR count). The van der Waals surface area contributed by atoms with Gasteiger partial charge in [0.25, 0.3) is 0 Å². The van der Waals surface area contributed by atoms with Crippen molar-refractivity contribution in [2.24, 2.45) is 52.0 Å². The molecule has 1 amide bonds. The van der Waals surface area contributed by atoms with E-state index in [0.29, 0.717) is 0 Å². The molecule has 1 saturated heterocycles. The van der Waals surface area contributed by atoms with E-state index in [2.05, 4.69) is 165 Å². The summed E-state index contributed by atoms with van der Waals surface area (Å²) < 4.78 is 5.23. The van der Waals surface area contributed by atoms with E-state index in [4.69, 9.17) is 67.4 Å². The van der Waals surface area contributed by atoms with Crippen LogP contribution in [-0.2, 0) is 79.9 Å². The zero-order valence-corrected chi connectivity index (χ0v) is 67.8. The first-order chi connectivity index (χ1) is 44.0. The topological polar surface area (TPSA) is 577 Å². The molecule has 1 heterocycles. The number of likely N-dealkylation sites (tertiary alicyclic amines) is 1. The second kappa shape index (κ2) is 400. The molecule has 0 saturated carbocycles. The number of aliphatic hydroxyl groups is 1. The van der Waals surface area contributed by atoms with Gasteiger partial charge in [0.2, 0.25) is 5.91 Å². The van der Waals surface area contributed by atoms with Crippen molar-refractivity contribution in [2.45, 2.75) is 209 Å². The van der Waals surface area contributed by atoms with Crippen LogP contribution in [0.25, 0.3) is 0 Å². The first-order valence-corrected chi connectivity index (χ1v) is 29.1. The van der Waals surface area contributed by atoms with Crippen molar-refractivity contribution >= 4 is 87.4 Å². The number of hydrogen-bond donors (Lipinski definition) is 12. The van der Waals surface area contributed by atoms with Gasteiger partial charge in [0.05, 0.1) is 5.60 Å². The zero-order chi connectivity index (χ0) is 81.7. The molecule has 27 nitrogen and oxygen atoms in total. The Bertz CT molecular complexity index is 998. The molecule has 594 valence electrons. The van der Waals surface area contributed by atoms with Crippen molar-refractivity contribution in [3.63, 3.8) is 0 Å². The van der Waals surface area contributed by atoms with Crippen LogP contribution < -0.4 is 64.7 Å². The van der Waals surface area contributed by atoms with Gasteiger partial charge in [-0.15, -0.1) is 0 Å². The predicted octanol–water partition coefficient (Wildman–Crippen LogP) is 11.0. The molecule has 1 aliphatic rings. The number of aliphatic hydroxyl groups excluding tert-OH is 1. The lowest BCUT2D eigenvalue weighted by Crippen LogP contribution is -2.33. The Labute approximate surface area is 589 Å². The Morgan fingerprint density at radius 2 is 0.558 bits per heavy atom. The Balaban J connectivity index is -0.0000000158. The molecule has 0 bridgehead atoms. The molecule has 0 unspecified atom stereocenters. The summed E-state index contributed by atoms with van der Waals surface area (Å²) in [5, 5.41) is 8.06. The molecule has 27 N–H and O–H groups in total. The average Bonchev–Trinajstić information content (AvgIpc) is 3.66. The van der Waals surface area contributed by atoms with E-state index < -0.39 is 0 Å². The minimum Gasteiger partial charge on any atom is -0.394 e. The highest BCUT2D eigenvalue weighted by Crippen LogP contribution is 2.08. The van der Waals surface area contributed by atoms with E-state index in [9.17, 15) is 4.79 Å². The van der Waals surface area contributed by atoms with E-state index >= 15 is 0 Å². The highest BCUT2D eigenvalue weighted by molar-refractivity contribution is 5.73. The predicted molar refractivity (Wildman–Crippen MR) is 424 cm³/mol. The number of carbonyl (C=O) groups excluding carboxylic acids is 13. The van der Waals surface area contributed by atoms with Gasteiger partial charge in [0, 0.05) is 32.7 Å². The van der Waals surface area contributed by atoms with Crippen molar-refractivity contribution in [2.75, 3.05) is 69.0 Å². The third kappa shape index (κ3) is 646. The van der Waals surface area contributed by atoms with Gasteiger partial charge < -0.3 is 137 Å². The van der Waals surface area contributed by atoms with Crippen LogP contribution in [0.5, 0.6) is 0 Å². The van der Waals surface area contributed by atoms with Crippen molar-refractivity contribution in [1.29, 1.82) is 0 Å². The number of ether oxygens (including phenoxy) is 1. The summed E-state index contributed by atoms with van der Waals surface area (Å²) in [5.74, 6) is 1.95. The Hall–Kier alpha value is -6.57. The number of hydrogen-bond acceptors (Lipinski definition) is 26. The standard InChI is InChI=1S/2C8H10.C7H13NO.C6H14O.C5H12.C4H10.C3H8O.4C2H6.7CH5N.12CH2O.4H3N/c2*1-2-8-6-4-3-5-7-8;1-7(9)8-5-3-2-4-6-8;1-5-7-6(2,3)4;1-4-5(2)3;1-4(2)3;1-3(2)4;23*1-2;;;;/h2*3-7H,2H2,1H3;2-6H2,1H3;5H2,1-4H3;5H,4H2,1-3H3;4H,1-3H3;3-4H,1-2H3;4*1-2H3;7*2H2,1H3;12*1H2;4*1H3. The third-order valence-electron chi connectivity index (χ3n) is 5.70. The molecule has 2 aromatic rings. The van der Waals surface area contributed by atoms with Gasteiger partial charge in [0.15, 0.2) is 0 Å². The highest BCUT2D eigenvalue weighted by Gasteiger charge is 2.11. The number of benzene rings is 2. The summed E-state index contributed by atoms with van der Waals surface area (Å²) in [7, 11) is 10.5. The first kappa shape index (κ1) is 205. The summed E-state index contributed by atoms with van der Waals surface area (Å²) in [6, 6.07) is 20.9. The molecule has 0 atom stereocenters. The van der Waals surface area contributed by atoms with Gasteiger partial charge in [-0.05, 0) is 146 Å². The van der Waals surface area contributed by atoms with Gasteiger partial charge in [-0.2, -0.15) is 0 Å². The molecule has 0 spiro atoms. The van der Waals surface area contributed by atoms with Gasteiger partial charge in [0.1, 0.15) is 81.5 Å². The fraction of sp³-hybridized carbons (Fsp3) is 0.632. The van der Waals surface area contributed by atoms with E-state index in [1.54, 1.807) is 20.8 Å². The minimum absolute atomic E-state index is 0. The van der Waals surface area contributed by atoms with Crippen LogP contribution in [-0.4, -0.2) is 178 Å². The van der Waals surface area contributed by atoms with Crippen LogP contribution in [0.3, 0.4) is 0 Å².